The zero-order valence-corrected chi connectivity index (χ0v) is 16.5. The molecule has 0 fully saturated rings. The maximum absolute atomic E-state index is 12.7. The van der Waals surface area contributed by atoms with Gasteiger partial charge < -0.3 is 5.32 Å². The summed E-state index contributed by atoms with van der Waals surface area (Å²) < 4.78 is 25.8. The minimum absolute atomic E-state index is 0.00105. The van der Waals surface area contributed by atoms with Gasteiger partial charge in [-0.2, -0.15) is 0 Å². The average molecular weight is 355 g/mol. The van der Waals surface area contributed by atoms with E-state index in [9.17, 15) is 13.2 Å². The third kappa shape index (κ3) is 5.23. The van der Waals surface area contributed by atoms with Crippen LogP contribution in [-0.2, 0) is 14.8 Å². The van der Waals surface area contributed by atoms with Crippen LogP contribution in [0.3, 0.4) is 0 Å². The molecule has 0 bridgehead atoms. The van der Waals surface area contributed by atoms with E-state index in [1.54, 1.807) is 25.1 Å². The lowest BCUT2D eigenvalue weighted by Crippen LogP contribution is -2.52. The molecule has 136 valence electrons. The number of anilines is 1. The van der Waals surface area contributed by atoms with Crippen molar-refractivity contribution in [2.75, 3.05) is 10.6 Å². The molecule has 1 unspecified atom stereocenters. The molecule has 0 saturated carbocycles. The Kier molecular flexibility index (Phi) is 6.84. The van der Waals surface area contributed by atoms with E-state index in [2.05, 4.69) is 5.32 Å². The predicted octanol–water partition coefficient (Wildman–Crippen LogP) is 2.95. The van der Waals surface area contributed by atoms with E-state index in [1.807, 2.05) is 40.7 Å². The second-order valence-electron chi connectivity index (χ2n) is 7.10. The molecule has 0 radical (unpaired) electrons. The number of nitrogens with one attached hydrogen (secondary N) is 1. The van der Waals surface area contributed by atoms with Gasteiger partial charge in [-0.05, 0) is 43.4 Å². The number of carbonyl (C=O) groups is 1. The number of nitrogens with zero attached hydrogens (tertiary/aromatic N) is 1. The van der Waals surface area contributed by atoms with Crippen molar-refractivity contribution in [1.29, 1.82) is 0 Å². The molecule has 1 N–H and O–H groups in total. The molecule has 0 heterocycles. The van der Waals surface area contributed by atoms with Crippen molar-refractivity contribution >= 4 is 21.6 Å². The Balaban J connectivity index is 3.14. The highest BCUT2D eigenvalue weighted by atomic mass is 32.2. The number of sulfonamides is 1. The highest BCUT2D eigenvalue weighted by molar-refractivity contribution is 7.92. The summed E-state index contributed by atoms with van der Waals surface area (Å²) >= 11 is 0. The molecule has 1 aromatic rings. The minimum atomic E-state index is -3.58. The molecule has 1 rings (SSSR count). The standard InChI is InChI=1S/C18H30N2O3S/c1-12(2)17(13(3)4)19-18(21)15(6)20(24(7,22)23)16-10-8-9-14(5)11-16/h8-13,15,17H,1-7H3,(H,19,21). The van der Waals surface area contributed by atoms with Gasteiger partial charge in [0.15, 0.2) is 0 Å². The van der Waals surface area contributed by atoms with Crippen LogP contribution in [0.2, 0.25) is 0 Å². The molecule has 1 aromatic carbocycles. The molecule has 6 heteroatoms. The summed E-state index contributed by atoms with van der Waals surface area (Å²) in [6.07, 6.45) is 1.13. The number of hydrogen-bond acceptors (Lipinski definition) is 3. The number of rotatable bonds is 7. The lowest BCUT2D eigenvalue weighted by molar-refractivity contribution is -0.123. The average Bonchev–Trinajstić information content (AvgIpc) is 2.42. The molecule has 24 heavy (non-hydrogen) atoms. The molecular formula is C18H30N2O3S. The highest BCUT2D eigenvalue weighted by Gasteiger charge is 2.31. The molecule has 0 aliphatic heterocycles. The van der Waals surface area contributed by atoms with Gasteiger partial charge >= 0.3 is 0 Å². The maximum atomic E-state index is 12.7. The fourth-order valence-corrected chi connectivity index (χ4v) is 4.13. The topological polar surface area (TPSA) is 66.5 Å². The molecule has 0 aromatic heterocycles. The SMILES string of the molecule is Cc1cccc(N(C(C)C(=O)NC(C(C)C)C(C)C)S(C)(=O)=O)c1. The molecule has 5 nitrogen and oxygen atoms in total. The second kappa shape index (κ2) is 8.01. The summed E-state index contributed by atoms with van der Waals surface area (Å²) in [6, 6.07) is 6.34. The van der Waals surface area contributed by atoms with Crippen LogP contribution in [-0.4, -0.2) is 32.7 Å². The number of benzene rings is 1. The maximum Gasteiger partial charge on any atom is 0.243 e. The summed E-state index contributed by atoms with van der Waals surface area (Å²) in [4.78, 5) is 12.7. The monoisotopic (exact) mass is 354 g/mol. The fourth-order valence-electron chi connectivity index (χ4n) is 2.96. The molecule has 1 atom stereocenters. The minimum Gasteiger partial charge on any atom is -0.351 e. The number of hydrogen-bond donors (Lipinski definition) is 1. The van der Waals surface area contributed by atoms with Crippen LogP contribution in [0.25, 0.3) is 0 Å². The quantitative estimate of drug-likeness (QED) is 0.819. The van der Waals surface area contributed by atoms with Crippen molar-refractivity contribution in [2.24, 2.45) is 11.8 Å². The Bertz CT molecular complexity index is 661. The van der Waals surface area contributed by atoms with Crippen molar-refractivity contribution in [3.05, 3.63) is 29.8 Å². The van der Waals surface area contributed by atoms with Crippen LogP contribution >= 0.6 is 0 Å². The van der Waals surface area contributed by atoms with Gasteiger partial charge in [-0.3, -0.25) is 9.10 Å². The van der Waals surface area contributed by atoms with Crippen molar-refractivity contribution in [1.82, 2.24) is 5.32 Å². The van der Waals surface area contributed by atoms with Gasteiger partial charge in [0, 0.05) is 6.04 Å². The Morgan fingerprint density at radius 1 is 1.08 bits per heavy atom. The van der Waals surface area contributed by atoms with Crippen molar-refractivity contribution < 1.29 is 13.2 Å². The van der Waals surface area contributed by atoms with Gasteiger partial charge in [0.1, 0.15) is 6.04 Å². The summed E-state index contributed by atoms with van der Waals surface area (Å²) in [7, 11) is -3.58. The predicted molar refractivity (Wildman–Crippen MR) is 99.6 cm³/mol. The third-order valence-electron chi connectivity index (χ3n) is 4.09. The van der Waals surface area contributed by atoms with E-state index in [4.69, 9.17) is 0 Å². The molecule has 0 aliphatic rings. The molecule has 1 amide bonds. The Morgan fingerprint density at radius 3 is 2.04 bits per heavy atom. The van der Waals surface area contributed by atoms with Crippen LogP contribution in [0.5, 0.6) is 0 Å². The van der Waals surface area contributed by atoms with E-state index >= 15 is 0 Å². The number of carbonyl (C=O) groups excluding carboxylic acids is 1. The summed E-state index contributed by atoms with van der Waals surface area (Å²) in [5, 5.41) is 3.01. The van der Waals surface area contributed by atoms with Crippen LogP contribution in [0.4, 0.5) is 5.69 Å². The number of aryl methyl sites for hydroxylation is 1. The van der Waals surface area contributed by atoms with Gasteiger partial charge in [-0.25, -0.2) is 8.42 Å². The summed E-state index contributed by atoms with van der Waals surface area (Å²) in [6.45, 7) is 11.7. The first kappa shape index (κ1) is 20.5. The molecule has 0 aliphatic carbocycles. The number of amides is 1. The van der Waals surface area contributed by atoms with Crippen molar-refractivity contribution in [3.8, 4) is 0 Å². The van der Waals surface area contributed by atoms with Crippen LogP contribution in [0.1, 0.15) is 40.2 Å². The van der Waals surface area contributed by atoms with E-state index in [0.29, 0.717) is 5.69 Å². The van der Waals surface area contributed by atoms with Gasteiger partial charge in [-0.1, -0.05) is 39.8 Å². The van der Waals surface area contributed by atoms with Gasteiger partial charge in [0.05, 0.1) is 11.9 Å². The van der Waals surface area contributed by atoms with E-state index in [1.165, 1.54) is 4.31 Å². The van der Waals surface area contributed by atoms with Crippen LogP contribution < -0.4 is 9.62 Å². The Morgan fingerprint density at radius 2 is 1.62 bits per heavy atom. The Labute approximate surface area is 146 Å². The van der Waals surface area contributed by atoms with Crippen molar-refractivity contribution in [2.45, 2.75) is 53.6 Å². The van der Waals surface area contributed by atoms with Crippen LogP contribution in [0.15, 0.2) is 24.3 Å². The molecule has 0 saturated heterocycles. The van der Waals surface area contributed by atoms with Gasteiger partial charge in [0.25, 0.3) is 0 Å². The first-order chi connectivity index (χ1) is 10.9. The third-order valence-corrected chi connectivity index (χ3v) is 5.33. The van der Waals surface area contributed by atoms with E-state index in [-0.39, 0.29) is 23.8 Å². The van der Waals surface area contributed by atoms with Crippen molar-refractivity contribution in [3.63, 3.8) is 0 Å². The Hall–Kier alpha value is -1.56. The van der Waals surface area contributed by atoms with Gasteiger partial charge in [-0.15, -0.1) is 0 Å². The largest absolute Gasteiger partial charge is 0.351 e. The van der Waals surface area contributed by atoms with E-state index in [0.717, 1.165) is 11.8 Å². The first-order valence-corrected chi connectivity index (χ1v) is 10.2. The smallest absolute Gasteiger partial charge is 0.243 e. The fraction of sp³-hybridized carbons (Fsp3) is 0.611. The zero-order valence-electron chi connectivity index (χ0n) is 15.7. The zero-order chi connectivity index (χ0) is 18.7. The van der Waals surface area contributed by atoms with Crippen LogP contribution in [0, 0.1) is 18.8 Å². The molecule has 0 spiro atoms. The summed E-state index contributed by atoms with van der Waals surface area (Å²) in [5.41, 5.74) is 1.45. The highest BCUT2D eigenvalue weighted by Crippen LogP contribution is 2.22. The lowest BCUT2D eigenvalue weighted by atomic mass is 9.93. The van der Waals surface area contributed by atoms with E-state index < -0.39 is 16.1 Å². The normalized spacial score (nSPS) is 13.4. The molecular weight excluding hydrogens is 324 g/mol. The second-order valence-corrected chi connectivity index (χ2v) is 8.96. The first-order valence-electron chi connectivity index (χ1n) is 8.31. The van der Waals surface area contributed by atoms with Gasteiger partial charge in [0.2, 0.25) is 15.9 Å². The lowest BCUT2D eigenvalue weighted by Gasteiger charge is -2.32. The summed E-state index contributed by atoms with van der Waals surface area (Å²) in [5.74, 6) is 0.257.